The predicted octanol–water partition coefficient (Wildman–Crippen LogP) is 10.1. The van der Waals surface area contributed by atoms with E-state index in [4.69, 9.17) is 23.9 Å². The molecule has 0 bridgehead atoms. The van der Waals surface area contributed by atoms with Gasteiger partial charge in [0.2, 0.25) is 0 Å². The van der Waals surface area contributed by atoms with Gasteiger partial charge in [0.05, 0.1) is 34.1 Å². The van der Waals surface area contributed by atoms with E-state index in [9.17, 15) is 4.79 Å². The third-order valence-corrected chi connectivity index (χ3v) is 9.58. The molecule has 0 aliphatic carbocycles. The average Bonchev–Trinajstić information content (AvgIpc) is 3.11. The Morgan fingerprint density at radius 2 is 0.759 bits per heavy atom. The van der Waals surface area contributed by atoms with Crippen molar-refractivity contribution in [1.82, 2.24) is 0 Å². The van der Waals surface area contributed by atoms with Crippen LogP contribution in [0.5, 0.6) is 0 Å². The molecule has 0 unspecified atom stereocenters. The van der Waals surface area contributed by atoms with Gasteiger partial charge in [0.15, 0.2) is 0 Å². The van der Waals surface area contributed by atoms with Crippen LogP contribution in [0.15, 0.2) is 24.3 Å². The summed E-state index contributed by atoms with van der Waals surface area (Å²) in [6.07, 6.45) is 51.2. The quantitative estimate of drug-likeness (QED) is 0.0270. The molecule has 0 amide bonds. The molecule has 0 radical (unpaired) electrons. The lowest BCUT2D eigenvalue weighted by Gasteiger charge is -2.24. The first-order valence-corrected chi connectivity index (χ1v) is 22.0. The number of nitrogens with zero attached hydrogens (tertiary/aromatic N) is 1. The van der Waals surface area contributed by atoms with Crippen molar-refractivity contribution < 1.29 is 45.6 Å². The number of unbranched alkanes of at least 4 members (excludes halogenated alkanes) is 24. The summed E-state index contributed by atoms with van der Waals surface area (Å²) in [5, 5.41) is 0. The highest BCUT2D eigenvalue weighted by Gasteiger charge is 2.16. The second kappa shape index (κ2) is 51.0. The van der Waals surface area contributed by atoms with E-state index in [1.807, 2.05) is 0 Å². The largest absolute Gasteiger partial charge is 1.00 e. The molecular weight excluding hydrogens is 698 g/mol. The maximum absolute atomic E-state index is 12.6. The van der Waals surface area contributed by atoms with Crippen molar-refractivity contribution in [2.45, 2.75) is 225 Å². The summed E-state index contributed by atoms with van der Waals surface area (Å²) in [6.45, 7) is 5.59. The van der Waals surface area contributed by atoms with Gasteiger partial charge in [-0.3, -0.25) is 4.79 Å². The van der Waals surface area contributed by atoms with Crippen molar-refractivity contribution >= 4 is 18.3 Å². The van der Waals surface area contributed by atoms with Gasteiger partial charge in [-0.05, 0) is 77.0 Å². The molecule has 0 aliphatic rings. The van der Waals surface area contributed by atoms with Crippen LogP contribution in [-0.4, -0.2) is 56.5 Å². The number of esters is 1. The fraction of sp³-hybridized carbons (Fsp3) is 0.848. The van der Waals surface area contributed by atoms with Crippen LogP contribution in [0.4, 0.5) is 0 Å². The van der Waals surface area contributed by atoms with E-state index < -0.39 is 0 Å². The molecule has 0 aromatic heterocycles. The number of quaternary nitrogens is 1. The molecule has 7 nitrogen and oxygen atoms in total. The fourth-order valence-corrected chi connectivity index (χ4v) is 6.44. The molecule has 0 saturated heterocycles. The molecule has 0 rings (SSSR count). The van der Waals surface area contributed by atoms with Crippen LogP contribution in [0.3, 0.4) is 0 Å². The smallest absolute Gasteiger partial charge is 0.373 e. The minimum atomic E-state index is 0. The van der Waals surface area contributed by atoms with E-state index in [-0.39, 0.29) is 36.8 Å². The van der Waals surface area contributed by atoms with Crippen LogP contribution < -0.4 is 12.4 Å². The lowest BCUT2D eigenvalue weighted by atomic mass is 10.0. The molecule has 0 atom stereocenters. The molecule has 318 valence electrons. The van der Waals surface area contributed by atoms with Gasteiger partial charge in [0.25, 0.3) is 0 Å². The number of carbonyl (C=O) groups is 1. The SMILES string of the molecule is CCCCCCCC/C=C\CCCCCCCCC(CCCCCCCC/C=C\CCCCCCCC)OC(=O)CCC[N+](C)(C)C.O=C=O.O=C=O.[Cl-]. The standard InChI is InChI=1S/C44H86NO2.2CO2.ClH/c1-6-8-10-12-14-16-18-20-22-24-26-28-30-32-34-36-39-43(47-44(46)41-38-42-45(3,4)5)40-37-35-33-31-29-27-25-23-21-19-17-15-13-11-9-7-2;2*2-1-3;/h20-23,43H,6-19,24-42H2,1-5H3;;;1H/q+1;;;/p-1/b22-20-,23-21-;;;. The van der Waals surface area contributed by atoms with Crippen LogP contribution in [0, 0.1) is 0 Å². The second-order valence-electron chi connectivity index (χ2n) is 15.8. The van der Waals surface area contributed by atoms with Crippen LogP contribution >= 0.6 is 0 Å². The van der Waals surface area contributed by atoms with Crippen LogP contribution in [-0.2, 0) is 28.7 Å². The van der Waals surface area contributed by atoms with Gasteiger partial charge in [0, 0.05) is 6.42 Å². The van der Waals surface area contributed by atoms with E-state index in [2.05, 4.69) is 59.3 Å². The zero-order valence-electron chi connectivity index (χ0n) is 36.0. The third kappa shape index (κ3) is 59.2. The predicted molar refractivity (Wildman–Crippen MR) is 220 cm³/mol. The Morgan fingerprint density at radius 1 is 0.481 bits per heavy atom. The maximum atomic E-state index is 12.6. The van der Waals surface area contributed by atoms with Gasteiger partial charge >= 0.3 is 18.3 Å². The zero-order chi connectivity index (χ0) is 39.9. The van der Waals surface area contributed by atoms with Crippen molar-refractivity contribution in [3.8, 4) is 0 Å². The molecule has 0 heterocycles. The summed E-state index contributed by atoms with van der Waals surface area (Å²) in [7, 11) is 6.57. The van der Waals surface area contributed by atoms with E-state index in [0.29, 0.717) is 6.42 Å². The van der Waals surface area contributed by atoms with Crippen molar-refractivity contribution in [3.63, 3.8) is 0 Å². The number of hydrogen-bond acceptors (Lipinski definition) is 6. The van der Waals surface area contributed by atoms with Crippen LogP contribution in [0.1, 0.15) is 219 Å². The summed E-state index contributed by atoms with van der Waals surface area (Å²) in [5.41, 5.74) is 0. The second-order valence-corrected chi connectivity index (χ2v) is 15.8. The summed E-state index contributed by atoms with van der Waals surface area (Å²) >= 11 is 0. The number of rotatable bonds is 37. The van der Waals surface area contributed by atoms with Gasteiger partial charge in [-0.1, -0.05) is 154 Å². The Labute approximate surface area is 340 Å². The maximum Gasteiger partial charge on any atom is 0.373 e. The van der Waals surface area contributed by atoms with E-state index in [1.54, 1.807) is 0 Å². The van der Waals surface area contributed by atoms with Crippen LogP contribution in [0.2, 0.25) is 0 Å². The molecule has 54 heavy (non-hydrogen) atoms. The lowest BCUT2D eigenvalue weighted by molar-refractivity contribution is -0.870. The van der Waals surface area contributed by atoms with E-state index in [1.165, 1.54) is 180 Å². The van der Waals surface area contributed by atoms with Gasteiger partial charge in [-0.15, -0.1) is 0 Å². The molecule has 0 saturated carbocycles. The number of ether oxygens (including phenoxy) is 1. The first kappa shape index (κ1) is 58.7. The zero-order valence-corrected chi connectivity index (χ0v) is 36.8. The monoisotopic (exact) mass is 784 g/mol. The summed E-state index contributed by atoms with van der Waals surface area (Å²) in [6, 6.07) is 0. The highest BCUT2D eigenvalue weighted by atomic mass is 35.5. The summed E-state index contributed by atoms with van der Waals surface area (Å²) in [5.74, 6) is 0.0255. The molecular formula is C46H86ClNO6. The highest BCUT2D eigenvalue weighted by Crippen LogP contribution is 2.19. The molecule has 0 N–H and O–H groups in total. The van der Waals surface area contributed by atoms with Gasteiger partial charge < -0.3 is 21.6 Å². The Bertz CT molecular complexity index is 819. The van der Waals surface area contributed by atoms with Crippen molar-refractivity contribution in [2.24, 2.45) is 0 Å². The normalized spacial score (nSPS) is 11.0. The van der Waals surface area contributed by atoms with Gasteiger partial charge in [0.1, 0.15) is 6.10 Å². The van der Waals surface area contributed by atoms with E-state index in [0.717, 1.165) is 30.3 Å². The van der Waals surface area contributed by atoms with Crippen molar-refractivity contribution in [2.75, 3.05) is 27.7 Å². The van der Waals surface area contributed by atoms with Gasteiger partial charge in [-0.2, -0.15) is 19.2 Å². The molecule has 0 spiro atoms. The molecule has 8 heteroatoms. The van der Waals surface area contributed by atoms with Gasteiger partial charge in [-0.25, -0.2) is 0 Å². The summed E-state index contributed by atoms with van der Waals surface area (Å²) < 4.78 is 6.96. The Kier molecular flexibility index (Phi) is 55.4. The highest BCUT2D eigenvalue weighted by molar-refractivity contribution is 5.69. The molecule has 0 aliphatic heterocycles. The minimum Gasteiger partial charge on any atom is -1.00 e. The number of allylic oxidation sites excluding steroid dienone is 4. The number of carbonyl (C=O) groups excluding carboxylic acids is 5. The fourth-order valence-electron chi connectivity index (χ4n) is 6.44. The summed E-state index contributed by atoms with van der Waals surface area (Å²) in [4.78, 5) is 45.1. The first-order valence-electron chi connectivity index (χ1n) is 22.0. The van der Waals surface area contributed by atoms with Crippen molar-refractivity contribution in [1.29, 1.82) is 0 Å². The molecule has 0 aromatic carbocycles. The minimum absolute atomic E-state index is 0. The van der Waals surface area contributed by atoms with Crippen molar-refractivity contribution in [3.05, 3.63) is 24.3 Å². The Balaban J connectivity index is -0.00000166. The molecule has 0 fully saturated rings. The Hall–Kier alpha value is -2.04. The number of halogens is 1. The first-order chi connectivity index (χ1) is 25.7. The van der Waals surface area contributed by atoms with E-state index >= 15 is 0 Å². The average molecular weight is 785 g/mol. The topological polar surface area (TPSA) is 94.6 Å². The number of hydrogen-bond donors (Lipinski definition) is 0. The van der Waals surface area contributed by atoms with Crippen LogP contribution in [0.25, 0.3) is 0 Å². The third-order valence-electron chi connectivity index (χ3n) is 9.58. The molecule has 0 aromatic rings. The Morgan fingerprint density at radius 3 is 1.06 bits per heavy atom. The lowest BCUT2D eigenvalue weighted by Crippen LogP contribution is -3.00.